The Morgan fingerprint density at radius 2 is 1.22 bits per heavy atom. The zero-order chi connectivity index (χ0) is 13.3. The zero-order valence-corrected chi connectivity index (χ0v) is 11.9. The predicted molar refractivity (Wildman–Crippen MR) is 79.9 cm³/mol. The third-order valence-electron chi connectivity index (χ3n) is 3.50. The number of hydrogen-bond acceptors (Lipinski definition) is 1. The van der Waals surface area contributed by atoms with Gasteiger partial charge in [-0.15, -0.1) is 0 Å². The SMILES string of the molecule is Cc1ccc(C)c(Nc2cc(C)c(C)cc2C)c1. The Hall–Kier alpha value is -1.76. The molecule has 0 amide bonds. The van der Waals surface area contributed by atoms with E-state index in [1.807, 2.05) is 0 Å². The van der Waals surface area contributed by atoms with Crippen LogP contribution < -0.4 is 5.32 Å². The fraction of sp³-hybridized carbons (Fsp3) is 0.294. The van der Waals surface area contributed by atoms with Crippen molar-refractivity contribution in [2.24, 2.45) is 0 Å². The summed E-state index contributed by atoms with van der Waals surface area (Å²) in [6.07, 6.45) is 0. The number of aryl methyl sites for hydroxylation is 5. The summed E-state index contributed by atoms with van der Waals surface area (Å²) >= 11 is 0. The second-order valence-corrected chi connectivity index (χ2v) is 5.19. The molecule has 1 heteroatoms. The Morgan fingerprint density at radius 3 is 1.94 bits per heavy atom. The second kappa shape index (κ2) is 4.85. The summed E-state index contributed by atoms with van der Waals surface area (Å²) in [6.45, 7) is 10.7. The summed E-state index contributed by atoms with van der Waals surface area (Å²) in [6, 6.07) is 11.0. The summed E-state index contributed by atoms with van der Waals surface area (Å²) in [5, 5.41) is 3.55. The molecule has 18 heavy (non-hydrogen) atoms. The lowest BCUT2D eigenvalue weighted by molar-refractivity contribution is 1.29. The molecule has 0 saturated carbocycles. The topological polar surface area (TPSA) is 12.0 Å². The molecule has 1 N–H and O–H groups in total. The number of hydrogen-bond donors (Lipinski definition) is 1. The first-order chi connectivity index (χ1) is 8.47. The normalized spacial score (nSPS) is 10.5. The molecular weight excluding hydrogens is 218 g/mol. The smallest absolute Gasteiger partial charge is 0.0416 e. The van der Waals surface area contributed by atoms with Crippen molar-refractivity contribution in [2.75, 3.05) is 5.32 Å². The van der Waals surface area contributed by atoms with E-state index in [1.54, 1.807) is 0 Å². The van der Waals surface area contributed by atoms with E-state index in [1.165, 1.54) is 39.2 Å². The molecule has 1 nitrogen and oxygen atoms in total. The lowest BCUT2D eigenvalue weighted by Gasteiger charge is -2.14. The first-order valence-corrected chi connectivity index (χ1v) is 6.39. The fourth-order valence-electron chi connectivity index (χ4n) is 2.11. The number of benzene rings is 2. The molecule has 0 aliphatic heterocycles. The molecule has 0 spiro atoms. The van der Waals surface area contributed by atoms with E-state index < -0.39 is 0 Å². The highest BCUT2D eigenvalue weighted by molar-refractivity contribution is 5.67. The number of rotatable bonds is 2. The highest BCUT2D eigenvalue weighted by Crippen LogP contribution is 2.26. The molecule has 2 aromatic rings. The Labute approximate surface area is 110 Å². The number of nitrogens with one attached hydrogen (secondary N) is 1. The Balaban J connectivity index is 2.40. The van der Waals surface area contributed by atoms with Crippen LogP contribution >= 0.6 is 0 Å². The average Bonchev–Trinajstić information content (AvgIpc) is 2.30. The van der Waals surface area contributed by atoms with Crippen molar-refractivity contribution in [2.45, 2.75) is 34.6 Å². The summed E-state index contributed by atoms with van der Waals surface area (Å²) in [7, 11) is 0. The third-order valence-corrected chi connectivity index (χ3v) is 3.50. The number of anilines is 2. The first kappa shape index (κ1) is 12.7. The van der Waals surface area contributed by atoms with Crippen LogP contribution in [0.1, 0.15) is 27.8 Å². The van der Waals surface area contributed by atoms with Crippen LogP contribution in [0.3, 0.4) is 0 Å². The highest BCUT2D eigenvalue weighted by atomic mass is 14.9. The van der Waals surface area contributed by atoms with E-state index in [2.05, 4.69) is 70.3 Å². The van der Waals surface area contributed by atoms with Crippen LogP contribution in [0.2, 0.25) is 0 Å². The van der Waals surface area contributed by atoms with E-state index in [4.69, 9.17) is 0 Å². The van der Waals surface area contributed by atoms with Gasteiger partial charge in [-0.3, -0.25) is 0 Å². The zero-order valence-electron chi connectivity index (χ0n) is 11.9. The quantitative estimate of drug-likeness (QED) is 0.780. The molecule has 0 bridgehead atoms. The third kappa shape index (κ3) is 2.56. The molecule has 0 unspecified atom stereocenters. The lowest BCUT2D eigenvalue weighted by Crippen LogP contribution is -1.97. The molecule has 0 atom stereocenters. The van der Waals surface area contributed by atoms with Gasteiger partial charge in [0.05, 0.1) is 0 Å². The monoisotopic (exact) mass is 239 g/mol. The van der Waals surface area contributed by atoms with Crippen molar-refractivity contribution in [3.63, 3.8) is 0 Å². The first-order valence-electron chi connectivity index (χ1n) is 6.39. The van der Waals surface area contributed by atoms with E-state index >= 15 is 0 Å². The molecule has 0 aliphatic rings. The van der Waals surface area contributed by atoms with Gasteiger partial charge in [0, 0.05) is 11.4 Å². The van der Waals surface area contributed by atoms with E-state index in [0.717, 1.165) is 0 Å². The van der Waals surface area contributed by atoms with Gasteiger partial charge in [-0.25, -0.2) is 0 Å². The molecule has 0 aromatic heterocycles. The maximum absolute atomic E-state index is 3.55. The van der Waals surface area contributed by atoms with Crippen molar-refractivity contribution in [1.82, 2.24) is 0 Å². The van der Waals surface area contributed by atoms with Gasteiger partial charge < -0.3 is 5.32 Å². The van der Waals surface area contributed by atoms with Gasteiger partial charge in [0.1, 0.15) is 0 Å². The van der Waals surface area contributed by atoms with Gasteiger partial charge in [0.25, 0.3) is 0 Å². The summed E-state index contributed by atoms with van der Waals surface area (Å²) in [4.78, 5) is 0. The maximum Gasteiger partial charge on any atom is 0.0416 e. The standard InChI is InChI=1S/C17H21N/c1-11-6-7-12(2)16(8-11)18-17-10-14(4)13(3)9-15(17)5/h6-10,18H,1-5H3. The average molecular weight is 239 g/mol. The summed E-state index contributed by atoms with van der Waals surface area (Å²) in [5.41, 5.74) is 8.92. The fourth-order valence-corrected chi connectivity index (χ4v) is 2.11. The summed E-state index contributed by atoms with van der Waals surface area (Å²) < 4.78 is 0. The molecule has 2 aromatic carbocycles. The highest BCUT2D eigenvalue weighted by Gasteiger charge is 2.04. The molecule has 0 aliphatic carbocycles. The molecule has 94 valence electrons. The van der Waals surface area contributed by atoms with Crippen LogP contribution in [-0.4, -0.2) is 0 Å². The van der Waals surface area contributed by atoms with E-state index in [-0.39, 0.29) is 0 Å². The molecule has 0 heterocycles. The van der Waals surface area contributed by atoms with Gasteiger partial charge in [-0.05, 0) is 74.6 Å². The predicted octanol–water partition coefficient (Wildman–Crippen LogP) is 4.97. The van der Waals surface area contributed by atoms with Gasteiger partial charge in [0.15, 0.2) is 0 Å². The Bertz CT molecular complexity index is 582. The van der Waals surface area contributed by atoms with Gasteiger partial charge in [-0.2, -0.15) is 0 Å². The van der Waals surface area contributed by atoms with Crippen molar-refractivity contribution in [1.29, 1.82) is 0 Å². The van der Waals surface area contributed by atoms with Gasteiger partial charge in [0.2, 0.25) is 0 Å². The van der Waals surface area contributed by atoms with E-state index in [9.17, 15) is 0 Å². The van der Waals surface area contributed by atoms with E-state index in [0.29, 0.717) is 0 Å². The minimum atomic E-state index is 1.20. The van der Waals surface area contributed by atoms with Crippen LogP contribution in [0.15, 0.2) is 30.3 Å². The molecule has 0 radical (unpaired) electrons. The molecule has 2 rings (SSSR count). The van der Waals surface area contributed by atoms with Crippen molar-refractivity contribution in [3.8, 4) is 0 Å². The second-order valence-electron chi connectivity index (χ2n) is 5.19. The van der Waals surface area contributed by atoms with Crippen LogP contribution in [0.25, 0.3) is 0 Å². The van der Waals surface area contributed by atoms with Gasteiger partial charge in [-0.1, -0.05) is 18.2 Å². The summed E-state index contributed by atoms with van der Waals surface area (Å²) in [5.74, 6) is 0. The van der Waals surface area contributed by atoms with Crippen molar-refractivity contribution >= 4 is 11.4 Å². The Morgan fingerprint density at radius 1 is 0.611 bits per heavy atom. The molecule has 0 saturated heterocycles. The van der Waals surface area contributed by atoms with Crippen LogP contribution in [0.4, 0.5) is 11.4 Å². The lowest BCUT2D eigenvalue weighted by atomic mass is 10.0. The Kier molecular flexibility index (Phi) is 3.42. The van der Waals surface area contributed by atoms with Crippen LogP contribution in [0.5, 0.6) is 0 Å². The van der Waals surface area contributed by atoms with Crippen LogP contribution in [-0.2, 0) is 0 Å². The molecule has 0 fully saturated rings. The molecular formula is C17H21N. The van der Waals surface area contributed by atoms with Gasteiger partial charge >= 0.3 is 0 Å². The van der Waals surface area contributed by atoms with Crippen molar-refractivity contribution in [3.05, 3.63) is 58.1 Å². The maximum atomic E-state index is 3.55. The van der Waals surface area contributed by atoms with Crippen molar-refractivity contribution < 1.29 is 0 Å². The largest absolute Gasteiger partial charge is 0.355 e. The minimum absolute atomic E-state index is 1.20. The van der Waals surface area contributed by atoms with Crippen LogP contribution in [0, 0.1) is 34.6 Å². The minimum Gasteiger partial charge on any atom is -0.355 e.